The van der Waals surface area contributed by atoms with Gasteiger partial charge in [-0.15, -0.1) is 0 Å². The van der Waals surface area contributed by atoms with Crippen LogP contribution in [-0.2, 0) is 0 Å². The van der Waals surface area contributed by atoms with Crippen LogP contribution in [0, 0.1) is 5.92 Å². The van der Waals surface area contributed by atoms with Crippen LogP contribution in [-0.4, -0.2) is 0 Å². The minimum absolute atomic E-state index is 0.225. The molecule has 1 atom stereocenters. The highest BCUT2D eigenvalue weighted by atomic mass is 14.6. The summed E-state index contributed by atoms with van der Waals surface area (Å²) in [7, 11) is 0. The largest absolute Gasteiger partial charge is 0.401 e. The molecule has 1 heteroatoms. The van der Waals surface area contributed by atoms with Crippen LogP contribution in [0.3, 0.4) is 0 Å². The van der Waals surface area contributed by atoms with Crippen LogP contribution in [0.2, 0.25) is 0 Å². The van der Waals surface area contributed by atoms with Gasteiger partial charge in [0.05, 0.1) is 0 Å². The maximum absolute atomic E-state index is 6.02. The molecule has 0 amide bonds. The fraction of sp³-hybridized carbons (Fsp3) is 0.154. The molecule has 2 rings (SSSR count). The van der Waals surface area contributed by atoms with Crippen LogP contribution in [0.1, 0.15) is 31.9 Å². The highest BCUT2D eigenvalue weighted by molar-refractivity contribution is 5.74. The Morgan fingerprint density at radius 3 is 2.52 bits per heavy atom. The van der Waals surface area contributed by atoms with Crippen LogP contribution in [0.15, 0.2) is 108 Å². The number of hydrogen-bond acceptors (Lipinski definition) is 1. The molecule has 0 bridgehead atoms. The third-order valence-corrected chi connectivity index (χ3v) is 4.55. The van der Waals surface area contributed by atoms with Gasteiger partial charge in [0.15, 0.2) is 0 Å². The van der Waals surface area contributed by atoms with E-state index in [1.54, 1.807) is 6.08 Å². The Hall–Kier alpha value is -3.06. The topological polar surface area (TPSA) is 26.0 Å². The first-order chi connectivity index (χ1) is 13.0. The first kappa shape index (κ1) is 20.3. The van der Waals surface area contributed by atoms with Crippen LogP contribution < -0.4 is 5.73 Å². The van der Waals surface area contributed by atoms with Gasteiger partial charge in [-0.25, -0.2) is 0 Å². The lowest BCUT2D eigenvalue weighted by molar-refractivity contribution is 0.901. The molecule has 1 aromatic rings. The van der Waals surface area contributed by atoms with Crippen molar-refractivity contribution >= 4 is 11.6 Å². The molecule has 1 aliphatic rings. The summed E-state index contributed by atoms with van der Waals surface area (Å²) in [4.78, 5) is 0. The number of rotatable bonds is 7. The second-order valence-corrected chi connectivity index (χ2v) is 6.74. The van der Waals surface area contributed by atoms with E-state index in [0.29, 0.717) is 0 Å². The number of nitrogens with two attached hydrogens (primary N) is 1. The van der Waals surface area contributed by atoms with Crippen molar-refractivity contribution in [1.82, 2.24) is 0 Å². The predicted octanol–water partition coefficient (Wildman–Crippen LogP) is 6.77. The lowest BCUT2D eigenvalue weighted by atomic mass is 9.99. The van der Waals surface area contributed by atoms with Gasteiger partial charge in [0, 0.05) is 11.6 Å². The van der Waals surface area contributed by atoms with E-state index in [0.717, 1.165) is 5.70 Å². The van der Waals surface area contributed by atoms with Gasteiger partial charge in [-0.3, -0.25) is 0 Å². The quantitative estimate of drug-likeness (QED) is 0.537. The standard InChI is InChI=1S/C26H29N/c1-5-11-20(2)12-10-13-21(3)24-16-8-6-14-23(24)15-7-9-17-25-22(4)18-19-26(25)27/h5-19,25H,1,27H2,2-4H3/b12-10-,15-7?,17-9-,20-11-,21-13-. The molecule has 0 aromatic heterocycles. The lowest BCUT2D eigenvalue weighted by Gasteiger charge is -2.08. The fourth-order valence-electron chi connectivity index (χ4n) is 2.97. The maximum atomic E-state index is 6.02. The van der Waals surface area contributed by atoms with E-state index >= 15 is 0 Å². The summed E-state index contributed by atoms with van der Waals surface area (Å²) in [5.74, 6) is 0.225. The van der Waals surface area contributed by atoms with Crippen LogP contribution in [0.5, 0.6) is 0 Å². The highest BCUT2D eigenvalue weighted by Gasteiger charge is 2.13. The minimum Gasteiger partial charge on any atom is -0.401 e. The summed E-state index contributed by atoms with van der Waals surface area (Å²) in [5, 5.41) is 0. The van der Waals surface area contributed by atoms with Gasteiger partial charge < -0.3 is 5.73 Å². The first-order valence-corrected chi connectivity index (χ1v) is 9.25. The SMILES string of the molecule is C=C\C=C(C)/C=C\C=C(\C)c1ccccc1C=C/C=C\C1C(C)=CC=C1N. The van der Waals surface area contributed by atoms with Gasteiger partial charge in [0.2, 0.25) is 0 Å². The van der Waals surface area contributed by atoms with E-state index in [2.05, 4.69) is 100 Å². The molecule has 27 heavy (non-hydrogen) atoms. The Kier molecular flexibility index (Phi) is 7.63. The molecule has 2 N–H and O–H groups in total. The molecule has 1 nitrogen and oxygen atoms in total. The van der Waals surface area contributed by atoms with Crippen LogP contribution in [0.25, 0.3) is 11.6 Å². The third kappa shape index (κ3) is 6.00. The number of allylic oxidation sites excluding steroid dienone is 12. The van der Waals surface area contributed by atoms with Gasteiger partial charge in [0.1, 0.15) is 0 Å². The van der Waals surface area contributed by atoms with Crippen LogP contribution in [0.4, 0.5) is 0 Å². The summed E-state index contributed by atoms with van der Waals surface area (Å²) in [6.45, 7) is 10.0. The average Bonchev–Trinajstić information content (AvgIpc) is 2.97. The van der Waals surface area contributed by atoms with Gasteiger partial charge in [-0.2, -0.15) is 0 Å². The summed E-state index contributed by atoms with van der Waals surface area (Å²) in [6, 6.07) is 8.43. The number of hydrogen-bond donors (Lipinski definition) is 1. The van der Waals surface area contributed by atoms with Crippen molar-refractivity contribution in [2.75, 3.05) is 0 Å². The second kappa shape index (κ2) is 10.2. The Morgan fingerprint density at radius 2 is 1.81 bits per heavy atom. The molecule has 1 aliphatic carbocycles. The van der Waals surface area contributed by atoms with Gasteiger partial charge >= 0.3 is 0 Å². The molecule has 0 aliphatic heterocycles. The van der Waals surface area contributed by atoms with Crippen molar-refractivity contribution < 1.29 is 0 Å². The Labute approximate surface area is 164 Å². The lowest BCUT2D eigenvalue weighted by Crippen LogP contribution is -2.06. The molecule has 0 spiro atoms. The van der Waals surface area contributed by atoms with Gasteiger partial charge in [0.25, 0.3) is 0 Å². The van der Waals surface area contributed by atoms with E-state index in [1.807, 2.05) is 12.2 Å². The van der Waals surface area contributed by atoms with Crippen molar-refractivity contribution in [1.29, 1.82) is 0 Å². The molecular formula is C26H29N. The zero-order valence-electron chi connectivity index (χ0n) is 16.5. The predicted molar refractivity (Wildman–Crippen MR) is 121 cm³/mol. The second-order valence-electron chi connectivity index (χ2n) is 6.74. The third-order valence-electron chi connectivity index (χ3n) is 4.55. The smallest absolute Gasteiger partial charge is 0.0378 e. The summed E-state index contributed by atoms with van der Waals surface area (Å²) in [6.07, 6.45) is 22.6. The van der Waals surface area contributed by atoms with E-state index in [4.69, 9.17) is 5.73 Å². The minimum atomic E-state index is 0.225. The maximum Gasteiger partial charge on any atom is 0.0378 e. The van der Waals surface area contributed by atoms with Gasteiger partial charge in [-0.1, -0.05) is 103 Å². The Bertz CT molecular complexity index is 865. The zero-order valence-corrected chi connectivity index (χ0v) is 16.5. The normalized spacial score (nSPS) is 18.6. The molecule has 0 heterocycles. The molecule has 1 aromatic carbocycles. The molecule has 0 saturated heterocycles. The summed E-state index contributed by atoms with van der Waals surface area (Å²) < 4.78 is 0. The van der Waals surface area contributed by atoms with Crippen molar-refractivity contribution in [3.8, 4) is 0 Å². The van der Waals surface area contributed by atoms with Crippen molar-refractivity contribution in [3.05, 3.63) is 120 Å². The molecule has 0 fully saturated rings. The number of benzene rings is 1. The van der Waals surface area contributed by atoms with Gasteiger partial charge in [-0.05, 0) is 43.5 Å². The van der Waals surface area contributed by atoms with Crippen molar-refractivity contribution in [2.45, 2.75) is 20.8 Å². The molecule has 0 saturated carbocycles. The van der Waals surface area contributed by atoms with E-state index in [1.165, 1.54) is 27.8 Å². The van der Waals surface area contributed by atoms with E-state index < -0.39 is 0 Å². The fourth-order valence-corrected chi connectivity index (χ4v) is 2.97. The molecule has 0 radical (unpaired) electrons. The molecule has 1 unspecified atom stereocenters. The molecular weight excluding hydrogens is 326 g/mol. The van der Waals surface area contributed by atoms with Crippen molar-refractivity contribution in [3.63, 3.8) is 0 Å². The molecule has 138 valence electrons. The van der Waals surface area contributed by atoms with Crippen molar-refractivity contribution in [2.24, 2.45) is 11.7 Å². The zero-order chi connectivity index (χ0) is 19.6. The summed E-state index contributed by atoms with van der Waals surface area (Å²) >= 11 is 0. The van der Waals surface area contributed by atoms with E-state index in [-0.39, 0.29) is 5.92 Å². The highest BCUT2D eigenvalue weighted by Crippen LogP contribution is 2.24. The average molecular weight is 356 g/mol. The van der Waals surface area contributed by atoms with E-state index in [9.17, 15) is 0 Å². The Morgan fingerprint density at radius 1 is 1.04 bits per heavy atom. The Balaban J connectivity index is 2.13. The summed E-state index contributed by atoms with van der Waals surface area (Å²) in [5.41, 5.74) is 13.0. The first-order valence-electron chi connectivity index (χ1n) is 9.25. The monoisotopic (exact) mass is 355 g/mol. The van der Waals surface area contributed by atoms with Crippen LogP contribution >= 0.6 is 0 Å².